The fourth-order valence-corrected chi connectivity index (χ4v) is 2.31. The third kappa shape index (κ3) is 7.85. The number of azide groups is 1. The van der Waals surface area contributed by atoms with Crippen LogP contribution in [0, 0.1) is 0 Å². The lowest BCUT2D eigenvalue weighted by Crippen LogP contribution is -2.33. The zero-order chi connectivity index (χ0) is 11.0. The average molecular weight is 213 g/mol. The molecule has 0 saturated carbocycles. The summed E-state index contributed by atoms with van der Waals surface area (Å²) in [6.45, 7) is 10.5. The maximum absolute atomic E-state index is 8.23. The van der Waals surface area contributed by atoms with Gasteiger partial charge in [-0.05, 0) is 38.0 Å². The van der Waals surface area contributed by atoms with Crippen LogP contribution in [0.2, 0.25) is 19.6 Å². The lowest BCUT2D eigenvalue weighted by Gasteiger charge is -2.24. The molecule has 0 heterocycles. The monoisotopic (exact) mass is 213 g/mol. The van der Waals surface area contributed by atoms with Gasteiger partial charge in [-0.3, -0.25) is 0 Å². The Morgan fingerprint density at radius 2 is 2.21 bits per heavy atom. The number of rotatable bonds is 7. The summed E-state index contributed by atoms with van der Waals surface area (Å²) >= 11 is 0. The Morgan fingerprint density at radius 3 is 2.64 bits per heavy atom. The van der Waals surface area contributed by atoms with Crippen LogP contribution in [0.15, 0.2) is 17.8 Å². The highest BCUT2D eigenvalue weighted by molar-refractivity contribution is 6.69. The molecule has 80 valence electrons. The van der Waals surface area contributed by atoms with E-state index in [1.165, 1.54) is 0 Å². The van der Waals surface area contributed by atoms with Crippen LogP contribution < -0.4 is 0 Å². The lowest BCUT2D eigenvalue weighted by molar-refractivity contribution is 0.193. The van der Waals surface area contributed by atoms with Gasteiger partial charge < -0.3 is 4.43 Å². The van der Waals surface area contributed by atoms with Crippen LogP contribution in [0.4, 0.5) is 0 Å². The largest absolute Gasteiger partial charge is 0.415 e. The second kappa shape index (κ2) is 6.65. The van der Waals surface area contributed by atoms with Crippen molar-refractivity contribution in [1.29, 1.82) is 0 Å². The molecule has 0 aliphatic carbocycles. The maximum Gasteiger partial charge on any atom is 0.184 e. The van der Waals surface area contributed by atoms with E-state index >= 15 is 0 Å². The van der Waals surface area contributed by atoms with E-state index in [9.17, 15) is 0 Å². The highest BCUT2D eigenvalue weighted by Crippen LogP contribution is 2.12. The molecule has 0 aliphatic rings. The first-order chi connectivity index (χ1) is 6.49. The molecular weight excluding hydrogens is 194 g/mol. The molecule has 0 N–H and O–H groups in total. The van der Waals surface area contributed by atoms with Crippen molar-refractivity contribution in [2.24, 2.45) is 5.11 Å². The standard InChI is InChI=1S/C9H19N3OSi/c1-5-6-7-9(8-11-12-10)13-14(2,3)4/h5,9H,1,6-8H2,2-4H3. The summed E-state index contributed by atoms with van der Waals surface area (Å²) in [6.07, 6.45) is 3.69. The summed E-state index contributed by atoms with van der Waals surface area (Å²) in [5.74, 6) is 0. The average Bonchev–Trinajstić information content (AvgIpc) is 2.07. The molecule has 0 aromatic rings. The Balaban J connectivity index is 4.08. The second-order valence-corrected chi connectivity index (χ2v) is 8.59. The van der Waals surface area contributed by atoms with E-state index in [-0.39, 0.29) is 6.10 Å². The van der Waals surface area contributed by atoms with Gasteiger partial charge in [-0.25, -0.2) is 0 Å². The van der Waals surface area contributed by atoms with E-state index < -0.39 is 8.32 Å². The molecule has 0 aromatic heterocycles. The van der Waals surface area contributed by atoms with Crippen molar-refractivity contribution in [3.05, 3.63) is 23.1 Å². The summed E-state index contributed by atoms with van der Waals surface area (Å²) in [5.41, 5.74) is 8.23. The topological polar surface area (TPSA) is 58.0 Å². The first-order valence-corrected chi connectivity index (χ1v) is 8.20. The van der Waals surface area contributed by atoms with Crippen molar-refractivity contribution in [2.75, 3.05) is 6.54 Å². The minimum atomic E-state index is -1.54. The molecular formula is C9H19N3OSi. The van der Waals surface area contributed by atoms with Gasteiger partial charge in [0.2, 0.25) is 0 Å². The third-order valence-corrected chi connectivity index (χ3v) is 2.60. The van der Waals surface area contributed by atoms with Crippen molar-refractivity contribution in [3.8, 4) is 0 Å². The van der Waals surface area contributed by atoms with Crippen LogP contribution in [0.25, 0.3) is 10.4 Å². The van der Waals surface area contributed by atoms with E-state index in [4.69, 9.17) is 9.96 Å². The Hall–Kier alpha value is -0.773. The van der Waals surface area contributed by atoms with Gasteiger partial charge in [-0.1, -0.05) is 11.2 Å². The van der Waals surface area contributed by atoms with Gasteiger partial charge in [0.05, 0.1) is 12.6 Å². The number of nitrogens with zero attached hydrogens (tertiary/aromatic N) is 3. The Bertz CT molecular complexity index is 219. The first-order valence-electron chi connectivity index (χ1n) is 4.79. The fourth-order valence-electron chi connectivity index (χ4n) is 1.12. The van der Waals surface area contributed by atoms with Crippen molar-refractivity contribution < 1.29 is 4.43 Å². The molecule has 0 radical (unpaired) electrons. The highest BCUT2D eigenvalue weighted by Gasteiger charge is 2.19. The lowest BCUT2D eigenvalue weighted by atomic mass is 10.2. The van der Waals surface area contributed by atoms with E-state index in [1.807, 2.05) is 6.08 Å². The molecule has 0 aromatic carbocycles. The first kappa shape index (κ1) is 13.2. The summed E-state index contributed by atoms with van der Waals surface area (Å²) in [4.78, 5) is 2.75. The molecule has 1 atom stereocenters. The molecule has 4 nitrogen and oxygen atoms in total. The van der Waals surface area contributed by atoms with Crippen molar-refractivity contribution in [2.45, 2.75) is 38.6 Å². The number of allylic oxidation sites excluding steroid dienone is 1. The van der Waals surface area contributed by atoms with Crippen LogP contribution in [0.5, 0.6) is 0 Å². The normalized spacial score (nSPS) is 13.1. The smallest absolute Gasteiger partial charge is 0.184 e. The van der Waals surface area contributed by atoms with E-state index in [1.54, 1.807) is 0 Å². The molecule has 5 heteroatoms. The van der Waals surface area contributed by atoms with Gasteiger partial charge in [0.25, 0.3) is 0 Å². The molecule has 1 unspecified atom stereocenters. The van der Waals surface area contributed by atoms with Gasteiger partial charge in [-0.15, -0.1) is 6.58 Å². The molecule has 14 heavy (non-hydrogen) atoms. The molecule has 0 spiro atoms. The molecule has 0 fully saturated rings. The second-order valence-electron chi connectivity index (χ2n) is 4.13. The van der Waals surface area contributed by atoms with Crippen molar-refractivity contribution in [1.82, 2.24) is 0 Å². The zero-order valence-electron chi connectivity index (χ0n) is 9.23. The van der Waals surface area contributed by atoms with E-state index in [2.05, 4.69) is 36.2 Å². The highest BCUT2D eigenvalue weighted by atomic mass is 28.4. The number of hydrogen-bond donors (Lipinski definition) is 0. The predicted molar refractivity (Wildman–Crippen MR) is 61.7 cm³/mol. The van der Waals surface area contributed by atoms with Gasteiger partial charge in [0, 0.05) is 4.91 Å². The third-order valence-electron chi connectivity index (χ3n) is 1.56. The number of hydrogen-bond acceptors (Lipinski definition) is 2. The van der Waals surface area contributed by atoms with E-state index in [0.29, 0.717) is 6.54 Å². The van der Waals surface area contributed by atoms with Crippen molar-refractivity contribution >= 4 is 8.32 Å². The van der Waals surface area contributed by atoms with Crippen molar-refractivity contribution in [3.63, 3.8) is 0 Å². The zero-order valence-corrected chi connectivity index (χ0v) is 10.2. The predicted octanol–water partition coefficient (Wildman–Crippen LogP) is 3.48. The summed E-state index contributed by atoms with van der Waals surface area (Å²) in [6, 6.07) is 0. The Kier molecular flexibility index (Phi) is 6.28. The molecule has 0 saturated heterocycles. The molecule has 0 amide bonds. The van der Waals surface area contributed by atoms with Gasteiger partial charge in [0.15, 0.2) is 8.32 Å². The van der Waals surface area contributed by atoms with Crippen LogP contribution >= 0.6 is 0 Å². The van der Waals surface area contributed by atoms with E-state index in [0.717, 1.165) is 12.8 Å². The quantitative estimate of drug-likeness (QED) is 0.210. The van der Waals surface area contributed by atoms with Crippen LogP contribution in [-0.4, -0.2) is 21.0 Å². The van der Waals surface area contributed by atoms with Crippen LogP contribution in [0.3, 0.4) is 0 Å². The molecule has 0 rings (SSSR count). The molecule has 0 aliphatic heterocycles. The summed E-state index contributed by atoms with van der Waals surface area (Å²) in [7, 11) is -1.54. The SMILES string of the molecule is C=CCCC(CN=[N+]=[N-])O[Si](C)(C)C. The van der Waals surface area contributed by atoms with Gasteiger partial charge in [0.1, 0.15) is 0 Å². The minimum absolute atomic E-state index is 0.0515. The van der Waals surface area contributed by atoms with Crippen LogP contribution in [-0.2, 0) is 4.43 Å². The summed E-state index contributed by atoms with van der Waals surface area (Å²) < 4.78 is 5.87. The Labute approximate surface area is 86.7 Å². The Morgan fingerprint density at radius 1 is 1.57 bits per heavy atom. The fraction of sp³-hybridized carbons (Fsp3) is 0.778. The maximum atomic E-state index is 8.23. The summed E-state index contributed by atoms with van der Waals surface area (Å²) in [5, 5.41) is 3.55. The van der Waals surface area contributed by atoms with Gasteiger partial charge >= 0.3 is 0 Å². The minimum Gasteiger partial charge on any atom is -0.415 e. The van der Waals surface area contributed by atoms with Gasteiger partial charge in [-0.2, -0.15) is 0 Å². The van der Waals surface area contributed by atoms with Crippen LogP contribution in [0.1, 0.15) is 12.8 Å². The molecule has 0 bridgehead atoms.